The first kappa shape index (κ1) is 8.58. The lowest BCUT2D eigenvalue weighted by molar-refractivity contribution is 0.857. The van der Waals surface area contributed by atoms with Crippen LogP contribution < -0.4 is 0 Å². The lowest BCUT2D eigenvalue weighted by atomic mass is 10.1. The topological polar surface area (TPSA) is 0 Å². The Kier molecular flexibility index (Phi) is 4.84. The van der Waals surface area contributed by atoms with Gasteiger partial charge in [0.25, 0.3) is 0 Å². The zero-order valence-corrected chi connectivity index (χ0v) is 7.13. The second-order valence-corrected chi connectivity index (χ2v) is 2.96. The van der Waals surface area contributed by atoms with E-state index in [1.165, 1.54) is 38.5 Å². The van der Waals surface area contributed by atoms with Gasteiger partial charge in [-0.1, -0.05) is 24.3 Å². The standard InChI is InChI=1S/C11H17/c1-2-4-6-8-10-11-9-7-5-3-1/h1-2,7-9H,3-6,10-11H2/b2-1-,9-7+. The molecule has 0 N–H and O–H groups in total. The Morgan fingerprint density at radius 2 is 0.818 bits per heavy atom. The van der Waals surface area contributed by atoms with E-state index < -0.39 is 0 Å². The van der Waals surface area contributed by atoms with Crippen molar-refractivity contribution in [3.8, 4) is 0 Å². The van der Waals surface area contributed by atoms with Crippen molar-refractivity contribution in [2.24, 2.45) is 0 Å². The summed E-state index contributed by atoms with van der Waals surface area (Å²) >= 11 is 0. The van der Waals surface area contributed by atoms with Crippen molar-refractivity contribution in [1.29, 1.82) is 0 Å². The summed E-state index contributed by atoms with van der Waals surface area (Å²) < 4.78 is 0. The summed E-state index contributed by atoms with van der Waals surface area (Å²) in [6.45, 7) is 0. The van der Waals surface area contributed by atoms with Gasteiger partial charge in [0, 0.05) is 0 Å². The van der Waals surface area contributed by atoms with Crippen LogP contribution in [0.3, 0.4) is 0 Å². The smallest absolute Gasteiger partial charge is 0.0316 e. The molecule has 0 aromatic rings. The molecule has 1 aliphatic rings. The van der Waals surface area contributed by atoms with E-state index >= 15 is 0 Å². The van der Waals surface area contributed by atoms with Crippen molar-refractivity contribution in [2.45, 2.75) is 38.5 Å². The highest BCUT2D eigenvalue weighted by atomic mass is 13.9. The maximum Gasteiger partial charge on any atom is -0.0316 e. The molecule has 0 fully saturated rings. The minimum Gasteiger partial charge on any atom is -0.0885 e. The third-order valence-corrected chi connectivity index (χ3v) is 1.91. The first-order chi connectivity index (χ1) is 5.50. The van der Waals surface area contributed by atoms with E-state index in [1.807, 2.05) is 0 Å². The van der Waals surface area contributed by atoms with Gasteiger partial charge in [-0.15, -0.1) is 0 Å². The summed E-state index contributed by atoms with van der Waals surface area (Å²) in [5, 5.41) is 0. The predicted molar refractivity (Wildman–Crippen MR) is 50.3 cm³/mol. The van der Waals surface area contributed by atoms with Crippen LogP contribution in [0.1, 0.15) is 38.5 Å². The molecule has 0 bridgehead atoms. The van der Waals surface area contributed by atoms with Crippen molar-refractivity contribution in [3.63, 3.8) is 0 Å². The molecule has 0 aliphatic heterocycles. The first-order valence-corrected chi connectivity index (χ1v) is 4.62. The second kappa shape index (κ2) is 6.21. The molecule has 1 radical (unpaired) electrons. The average molecular weight is 149 g/mol. The second-order valence-electron chi connectivity index (χ2n) is 2.96. The average Bonchev–Trinajstić information content (AvgIpc) is 2.08. The van der Waals surface area contributed by atoms with Crippen LogP contribution in [0.2, 0.25) is 0 Å². The van der Waals surface area contributed by atoms with E-state index in [0.29, 0.717) is 0 Å². The Morgan fingerprint density at radius 1 is 0.455 bits per heavy atom. The molecule has 0 heterocycles. The molecule has 0 saturated carbocycles. The fourth-order valence-electron chi connectivity index (χ4n) is 1.24. The molecule has 0 atom stereocenters. The monoisotopic (exact) mass is 149 g/mol. The molecule has 0 spiro atoms. The molecule has 0 aromatic heterocycles. The molecule has 0 nitrogen and oxygen atoms in total. The molecule has 0 heteroatoms. The minimum absolute atomic E-state index is 1.22. The molecule has 0 aromatic carbocycles. The number of rotatable bonds is 0. The highest BCUT2D eigenvalue weighted by Gasteiger charge is 1.87. The largest absolute Gasteiger partial charge is 0.0885 e. The lowest BCUT2D eigenvalue weighted by Gasteiger charge is -1.92. The van der Waals surface area contributed by atoms with Gasteiger partial charge in [0.1, 0.15) is 0 Å². The van der Waals surface area contributed by atoms with Crippen LogP contribution >= 0.6 is 0 Å². The number of hydrogen-bond donors (Lipinski definition) is 0. The number of hydrogen-bond acceptors (Lipinski definition) is 0. The molecule has 1 rings (SSSR count). The SMILES string of the molecule is [CH]1CC/C=C\CC/C=C/CC1. The third-order valence-electron chi connectivity index (χ3n) is 1.91. The quantitative estimate of drug-likeness (QED) is 0.461. The molecule has 0 amide bonds. The minimum atomic E-state index is 1.22. The van der Waals surface area contributed by atoms with Gasteiger partial charge in [-0.25, -0.2) is 0 Å². The fraction of sp³-hybridized carbons (Fsp3) is 0.545. The maximum atomic E-state index is 2.39. The van der Waals surface area contributed by atoms with Gasteiger partial charge in [-0.3, -0.25) is 0 Å². The van der Waals surface area contributed by atoms with Crippen LogP contribution in [0.25, 0.3) is 0 Å². The summed E-state index contributed by atoms with van der Waals surface area (Å²) in [5.74, 6) is 0. The Bertz CT molecular complexity index is 115. The molecule has 61 valence electrons. The Balaban J connectivity index is 2.22. The molecular formula is C11H17. The summed E-state index contributed by atoms with van der Waals surface area (Å²) in [6.07, 6.45) is 19.0. The van der Waals surface area contributed by atoms with Crippen LogP contribution in [0.15, 0.2) is 24.3 Å². The first-order valence-electron chi connectivity index (χ1n) is 4.62. The van der Waals surface area contributed by atoms with Crippen LogP contribution in [-0.4, -0.2) is 0 Å². The molecular weight excluding hydrogens is 132 g/mol. The van der Waals surface area contributed by atoms with Crippen molar-refractivity contribution in [1.82, 2.24) is 0 Å². The van der Waals surface area contributed by atoms with E-state index in [9.17, 15) is 0 Å². The Morgan fingerprint density at radius 3 is 1.27 bits per heavy atom. The van der Waals surface area contributed by atoms with Gasteiger partial charge in [-0.2, -0.15) is 0 Å². The highest BCUT2D eigenvalue weighted by molar-refractivity contribution is 4.91. The summed E-state index contributed by atoms with van der Waals surface area (Å²) in [4.78, 5) is 0. The molecule has 0 saturated heterocycles. The molecule has 11 heavy (non-hydrogen) atoms. The zero-order valence-electron chi connectivity index (χ0n) is 7.13. The van der Waals surface area contributed by atoms with Crippen molar-refractivity contribution in [2.75, 3.05) is 0 Å². The zero-order chi connectivity index (χ0) is 7.78. The third kappa shape index (κ3) is 4.83. The molecule has 1 aliphatic carbocycles. The normalized spacial score (nSPS) is 26.9. The maximum absolute atomic E-state index is 2.39. The van der Waals surface area contributed by atoms with Crippen LogP contribution in [0.5, 0.6) is 0 Å². The van der Waals surface area contributed by atoms with Crippen molar-refractivity contribution < 1.29 is 0 Å². The van der Waals surface area contributed by atoms with E-state index in [4.69, 9.17) is 0 Å². The van der Waals surface area contributed by atoms with Crippen LogP contribution in [-0.2, 0) is 0 Å². The van der Waals surface area contributed by atoms with E-state index in [-0.39, 0.29) is 0 Å². The van der Waals surface area contributed by atoms with Crippen molar-refractivity contribution in [3.05, 3.63) is 30.7 Å². The van der Waals surface area contributed by atoms with E-state index in [1.54, 1.807) is 0 Å². The fourth-order valence-corrected chi connectivity index (χ4v) is 1.24. The van der Waals surface area contributed by atoms with E-state index in [2.05, 4.69) is 30.7 Å². The Hall–Kier alpha value is -0.520. The highest BCUT2D eigenvalue weighted by Crippen LogP contribution is 2.06. The molecule has 0 unspecified atom stereocenters. The summed E-state index contributed by atoms with van der Waals surface area (Å²) in [6, 6.07) is 0. The van der Waals surface area contributed by atoms with Crippen LogP contribution in [0.4, 0.5) is 0 Å². The van der Waals surface area contributed by atoms with Gasteiger partial charge in [0.15, 0.2) is 0 Å². The van der Waals surface area contributed by atoms with Gasteiger partial charge in [-0.05, 0) is 44.9 Å². The summed E-state index contributed by atoms with van der Waals surface area (Å²) in [5.41, 5.74) is 0. The number of allylic oxidation sites excluding steroid dienone is 4. The van der Waals surface area contributed by atoms with Gasteiger partial charge in [0.05, 0.1) is 0 Å². The summed E-state index contributed by atoms with van der Waals surface area (Å²) in [7, 11) is 0. The Labute approximate surface area is 70.0 Å². The lowest BCUT2D eigenvalue weighted by Crippen LogP contribution is -1.75. The predicted octanol–water partition coefficient (Wildman–Crippen LogP) is 3.66. The van der Waals surface area contributed by atoms with Crippen molar-refractivity contribution >= 4 is 0 Å². The van der Waals surface area contributed by atoms with Crippen LogP contribution in [0, 0.1) is 6.42 Å². The van der Waals surface area contributed by atoms with Gasteiger partial charge in [0.2, 0.25) is 0 Å². The van der Waals surface area contributed by atoms with Gasteiger partial charge < -0.3 is 0 Å². The van der Waals surface area contributed by atoms with Gasteiger partial charge >= 0.3 is 0 Å². The van der Waals surface area contributed by atoms with E-state index in [0.717, 1.165) is 0 Å².